The number of piperazine rings is 1. The Morgan fingerprint density at radius 2 is 1.51 bits per heavy atom. The fraction of sp³-hybridized carbons (Fsp3) is 0.550. The van der Waals surface area contributed by atoms with Gasteiger partial charge in [0, 0.05) is 24.5 Å². The van der Waals surface area contributed by atoms with Crippen LogP contribution in [0.15, 0.2) is 24.3 Å². The third kappa shape index (κ3) is 8.09. The van der Waals surface area contributed by atoms with Gasteiger partial charge in [0.2, 0.25) is 0 Å². The molecule has 3 unspecified atom stereocenters. The van der Waals surface area contributed by atoms with Gasteiger partial charge in [-0.05, 0) is 24.3 Å². The molecule has 3 rings (SSSR count). The summed E-state index contributed by atoms with van der Waals surface area (Å²) in [6.45, 7) is -0.856. The quantitative estimate of drug-likeness (QED) is 0.259. The minimum absolute atomic E-state index is 0.0833. The van der Waals surface area contributed by atoms with Crippen molar-refractivity contribution in [1.29, 1.82) is 0 Å². The first-order valence-electron chi connectivity index (χ1n) is 10.9. The van der Waals surface area contributed by atoms with Crippen LogP contribution in [0.1, 0.15) is 0 Å². The highest BCUT2D eigenvalue weighted by Gasteiger charge is 2.47. The molecule has 0 aromatic heterocycles. The molecule has 0 aliphatic carbocycles. The van der Waals surface area contributed by atoms with Crippen LogP contribution in [-0.2, 0) is 14.3 Å². The molecule has 1 aromatic rings. The Labute approximate surface area is 241 Å². The SMILES string of the molecule is O=C1OC(CNC(=O)C(F)(F)F)CN1c1ccc(N2CCN(C(NC(=O)C(F)(F)F)C(Br)(Br)Br)C(F)C2)cc1. The zero-order valence-corrected chi connectivity index (χ0v) is 24.1. The van der Waals surface area contributed by atoms with Gasteiger partial charge in [0.05, 0.1) is 19.6 Å². The number of ether oxygens (including phenoxy) is 1. The van der Waals surface area contributed by atoms with Crippen molar-refractivity contribution in [1.82, 2.24) is 15.5 Å². The molecule has 3 atom stereocenters. The third-order valence-electron chi connectivity index (χ3n) is 5.67. The van der Waals surface area contributed by atoms with Gasteiger partial charge in [-0.1, -0.05) is 47.8 Å². The molecule has 1 aromatic carbocycles. The second-order valence-corrected chi connectivity index (χ2v) is 15.3. The van der Waals surface area contributed by atoms with Crippen LogP contribution < -0.4 is 20.4 Å². The Hall–Kier alpha value is -1.86. The first kappa shape index (κ1) is 31.7. The molecule has 0 bridgehead atoms. The van der Waals surface area contributed by atoms with Crippen LogP contribution in [-0.4, -0.2) is 88.6 Å². The molecule has 39 heavy (non-hydrogen) atoms. The Morgan fingerprint density at radius 1 is 0.949 bits per heavy atom. The normalized spacial score (nSPS) is 21.9. The molecule has 3 amide bonds. The van der Waals surface area contributed by atoms with Crippen molar-refractivity contribution in [2.45, 2.75) is 33.1 Å². The molecule has 2 N–H and O–H groups in total. The molecule has 19 heteroatoms. The minimum atomic E-state index is -5.18. The summed E-state index contributed by atoms with van der Waals surface area (Å²) in [5.74, 6) is -4.40. The van der Waals surface area contributed by atoms with Crippen molar-refractivity contribution >= 4 is 77.1 Å². The maximum Gasteiger partial charge on any atom is 0.471 e. The summed E-state index contributed by atoms with van der Waals surface area (Å²) < 4.78 is 94.0. The molecular formula is C20H19Br3F7N5O4. The topological polar surface area (TPSA) is 94.2 Å². The zero-order valence-electron chi connectivity index (χ0n) is 19.3. The van der Waals surface area contributed by atoms with Crippen molar-refractivity contribution in [2.75, 3.05) is 42.5 Å². The lowest BCUT2D eigenvalue weighted by molar-refractivity contribution is -0.176. The highest BCUT2D eigenvalue weighted by molar-refractivity contribution is 9.39. The number of hydrogen-bond donors (Lipinski definition) is 2. The predicted molar refractivity (Wildman–Crippen MR) is 134 cm³/mol. The third-order valence-corrected chi connectivity index (χ3v) is 6.98. The molecule has 2 fully saturated rings. The van der Waals surface area contributed by atoms with Gasteiger partial charge in [-0.2, -0.15) is 26.3 Å². The van der Waals surface area contributed by atoms with Crippen molar-refractivity contribution in [3.8, 4) is 0 Å². The number of anilines is 2. The van der Waals surface area contributed by atoms with Crippen LogP contribution in [0.25, 0.3) is 0 Å². The maximum atomic E-state index is 15.2. The number of carbonyl (C=O) groups excluding carboxylic acids is 3. The number of rotatable bonds is 6. The van der Waals surface area contributed by atoms with Crippen molar-refractivity contribution < 1.29 is 49.9 Å². The number of cyclic esters (lactones) is 1. The maximum absolute atomic E-state index is 15.2. The number of halogens is 10. The molecule has 2 saturated heterocycles. The standard InChI is InChI=1S/C20H19Br3F7N5O4/c21-18(22,23)14(32-16(37)20(28,29)30)34-6-5-33(9-13(34)24)10-1-3-11(4-2-10)35-8-12(39-17(35)38)7-31-15(36)19(25,26)27/h1-4,12-14H,5-9H2,(H,31,36)(H,32,37). The second-order valence-electron chi connectivity index (χ2n) is 8.37. The van der Waals surface area contributed by atoms with Crippen LogP contribution in [0.3, 0.4) is 0 Å². The van der Waals surface area contributed by atoms with Crippen LogP contribution >= 0.6 is 47.8 Å². The van der Waals surface area contributed by atoms with E-state index in [1.54, 1.807) is 27.7 Å². The lowest BCUT2D eigenvalue weighted by Gasteiger charge is -2.44. The molecule has 218 valence electrons. The zero-order chi connectivity index (χ0) is 29.3. The van der Waals surface area contributed by atoms with E-state index in [9.17, 15) is 40.7 Å². The van der Waals surface area contributed by atoms with Crippen LogP contribution in [0.5, 0.6) is 0 Å². The van der Waals surface area contributed by atoms with E-state index >= 15 is 4.39 Å². The lowest BCUT2D eigenvalue weighted by Crippen LogP contribution is -2.64. The number of hydrogen-bond acceptors (Lipinski definition) is 6. The van der Waals surface area contributed by atoms with E-state index in [0.29, 0.717) is 11.4 Å². The molecule has 0 radical (unpaired) electrons. The first-order valence-corrected chi connectivity index (χ1v) is 13.3. The van der Waals surface area contributed by atoms with E-state index in [-0.39, 0.29) is 26.2 Å². The fourth-order valence-electron chi connectivity index (χ4n) is 3.83. The van der Waals surface area contributed by atoms with Gasteiger partial charge >= 0.3 is 30.3 Å². The summed E-state index contributed by atoms with van der Waals surface area (Å²) in [6, 6.07) is 6.10. The first-order chi connectivity index (χ1) is 17.9. The van der Waals surface area contributed by atoms with E-state index in [2.05, 4.69) is 47.8 Å². The monoisotopic (exact) mass is 763 g/mol. The van der Waals surface area contributed by atoms with Crippen molar-refractivity contribution in [3.05, 3.63) is 24.3 Å². The molecule has 9 nitrogen and oxygen atoms in total. The largest absolute Gasteiger partial charge is 0.471 e. The summed E-state index contributed by atoms with van der Waals surface area (Å²) in [6.07, 6.45) is -15.4. The van der Waals surface area contributed by atoms with E-state index in [4.69, 9.17) is 4.74 Å². The van der Waals surface area contributed by atoms with Crippen molar-refractivity contribution in [2.24, 2.45) is 0 Å². The highest BCUT2D eigenvalue weighted by atomic mass is 80.0. The number of nitrogens with one attached hydrogen (secondary N) is 2. The van der Waals surface area contributed by atoms with Crippen LogP contribution in [0.2, 0.25) is 0 Å². The van der Waals surface area contributed by atoms with Gasteiger partial charge in [0.15, 0.2) is 8.44 Å². The Kier molecular flexibility index (Phi) is 9.69. The summed E-state index contributed by atoms with van der Waals surface area (Å²) in [7, 11) is 0. The van der Waals surface area contributed by atoms with E-state index in [1.165, 1.54) is 12.1 Å². The average molecular weight is 766 g/mol. The Morgan fingerprint density at radius 3 is 2.03 bits per heavy atom. The van der Waals surface area contributed by atoms with E-state index in [0.717, 1.165) is 9.80 Å². The highest BCUT2D eigenvalue weighted by Crippen LogP contribution is 2.40. The van der Waals surface area contributed by atoms with Gasteiger partial charge in [0.25, 0.3) is 0 Å². The summed E-state index contributed by atoms with van der Waals surface area (Å²) in [5, 5.41) is 3.41. The predicted octanol–water partition coefficient (Wildman–Crippen LogP) is 3.95. The van der Waals surface area contributed by atoms with Gasteiger partial charge in [0.1, 0.15) is 12.3 Å². The number of benzene rings is 1. The molecular weight excluding hydrogens is 747 g/mol. The minimum Gasteiger partial charge on any atom is -0.442 e. The second kappa shape index (κ2) is 11.9. The van der Waals surface area contributed by atoms with Crippen LogP contribution in [0.4, 0.5) is 46.9 Å². The summed E-state index contributed by atoms with van der Waals surface area (Å²) >= 11 is 9.16. The number of nitrogens with zero attached hydrogens (tertiary/aromatic N) is 3. The van der Waals surface area contributed by atoms with Crippen LogP contribution in [0, 0.1) is 0 Å². The average Bonchev–Trinajstić information content (AvgIpc) is 3.19. The molecule has 2 aliphatic heterocycles. The van der Waals surface area contributed by atoms with Gasteiger partial charge in [-0.15, -0.1) is 0 Å². The summed E-state index contributed by atoms with van der Waals surface area (Å²) in [5.41, 5.74) is 0.850. The lowest BCUT2D eigenvalue weighted by atomic mass is 10.2. The molecule has 0 spiro atoms. The van der Waals surface area contributed by atoms with E-state index < -0.39 is 57.5 Å². The summed E-state index contributed by atoms with van der Waals surface area (Å²) in [4.78, 5) is 38.4. The number of alkyl halides is 10. The fourth-order valence-corrected chi connectivity index (χ4v) is 4.96. The number of amides is 3. The molecule has 2 aliphatic rings. The Bertz CT molecular complexity index is 1070. The molecule has 2 heterocycles. The smallest absolute Gasteiger partial charge is 0.442 e. The van der Waals surface area contributed by atoms with Gasteiger partial charge in [-0.3, -0.25) is 14.5 Å². The van der Waals surface area contributed by atoms with Gasteiger partial charge < -0.3 is 20.3 Å². The van der Waals surface area contributed by atoms with E-state index in [1.807, 2.05) is 0 Å². The van der Waals surface area contributed by atoms with Crippen molar-refractivity contribution in [3.63, 3.8) is 0 Å². The molecule has 0 saturated carbocycles. The van der Waals surface area contributed by atoms with Gasteiger partial charge in [-0.25, -0.2) is 14.1 Å². The number of carbonyl (C=O) groups is 3. The Balaban J connectivity index is 1.61.